The largest absolute Gasteiger partial charge is 0.477 e. The first-order valence-electron chi connectivity index (χ1n) is 11.1. The lowest BCUT2D eigenvalue weighted by molar-refractivity contribution is -0.115. The number of nitrogens with one attached hydrogen (secondary N) is 1. The van der Waals surface area contributed by atoms with Gasteiger partial charge in [-0.2, -0.15) is 5.10 Å². The van der Waals surface area contributed by atoms with Crippen molar-refractivity contribution in [3.05, 3.63) is 60.1 Å². The Morgan fingerprint density at radius 2 is 2.00 bits per heavy atom. The van der Waals surface area contributed by atoms with Gasteiger partial charge in [-0.15, -0.1) is 0 Å². The van der Waals surface area contributed by atoms with Gasteiger partial charge in [0.15, 0.2) is 0 Å². The standard InChI is InChI=1S/C25H25FN4O2/c26-20-9-7-18(8-10-20)24-23(25-30(29-24)13-4-14-32-25)19-11-12-27-21(16-19)28-22(31)15-17-5-2-1-3-6-17/h5,7-12,16H,1-4,6,13-15H2,(H,27,28,31). The van der Waals surface area contributed by atoms with Gasteiger partial charge in [0.25, 0.3) is 0 Å². The van der Waals surface area contributed by atoms with Gasteiger partial charge in [-0.05, 0) is 67.6 Å². The molecule has 164 valence electrons. The van der Waals surface area contributed by atoms with Crippen LogP contribution in [0, 0.1) is 5.82 Å². The van der Waals surface area contributed by atoms with Crippen molar-refractivity contribution in [1.29, 1.82) is 0 Å². The summed E-state index contributed by atoms with van der Waals surface area (Å²) in [5.41, 5.74) is 4.39. The van der Waals surface area contributed by atoms with E-state index in [4.69, 9.17) is 9.84 Å². The number of allylic oxidation sites excluding steroid dienone is 1. The topological polar surface area (TPSA) is 69.0 Å². The Hall–Kier alpha value is -3.48. The Morgan fingerprint density at radius 3 is 2.81 bits per heavy atom. The van der Waals surface area contributed by atoms with Gasteiger partial charge in [0.05, 0.1) is 12.2 Å². The zero-order valence-electron chi connectivity index (χ0n) is 17.8. The molecule has 2 aliphatic rings. The van der Waals surface area contributed by atoms with Crippen LogP contribution >= 0.6 is 0 Å². The summed E-state index contributed by atoms with van der Waals surface area (Å²) in [6, 6.07) is 10.0. The van der Waals surface area contributed by atoms with Gasteiger partial charge in [-0.1, -0.05) is 11.6 Å². The number of pyridine rings is 1. The van der Waals surface area contributed by atoms with Crippen molar-refractivity contribution in [2.45, 2.75) is 45.1 Å². The molecule has 1 N–H and O–H groups in total. The summed E-state index contributed by atoms with van der Waals surface area (Å²) in [6.07, 6.45) is 9.51. The molecule has 1 amide bonds. The van der Waals surface area contributed by atoms with E-state index in [9.17, 15) is 9.18 Å². The highest BCUT2D eigenvalue weighted by Crippen LogP contribution is 2.41. The summed E-state index contributed by atoms with van der Waals surface area (Å²) in [6.45, 7) is 1.37. The molecule has 3 aromatic rings. The van der Waals surface area contributed by atoms with Crippen LogP contribution in [0.1, 0.15) is 38.5 Å². The van der Waals surface area contributed by atoms with E-state index in [0.29, 0.717) is 24.7 Å². The Morgan fingerprint density at radius 1 is 1.12 bits per heavy atom. The third-order valence-electron chi connectivity index (χ3n) is 5.87. The zero-order chi connectivity index (χ0) is 21.9. The molecule has 1 aliphatic heterocycles. The number of halogens is 1. The summed E-state index contributed by atoms with van der Waals surface area (Å²) in [5.74, 6) is 0.823. The van der Waals surface area contributed by atoms with Crippen LogP contribution < -0.4 is 10.1 Å². The molecule has 0 saturated heterocycles. The third-order valence-corrected chi connectivity index (χ3v) is 5.87. The molecule has 0 atom stereocenters. The van der Waals surface area contributed by atoms with E-state index in [2.05, 4.69) is 16.4 Å². The number of anilines is 1. The van der Waals surface area contributed by atoms with Gasteiger partial charge >= 0.3 is 0 Å². The zero-order valence-corrected chi connectivity index (χ0v) is 17.8. The van der Waals surface area contributed by atoms with Gasteiger partial charge in [0.2, 0.25) is 11.8 Å². The number of carbonyl (C=O) groups is 1. The van der Waals surface area contributed by atoms with Gasteiger partial charge in [0, 0.05) is 31.1 Å². The van der Waals surface area contributed by atoms with Crippen LogP contribution in [-0.4, -0.2) is 27.3 Å². The highest BCUT2D eigenvalue weighted by molar-refractivity contribution is 5.93. The number of hydrogen-bond acceptors (Lipinski definition) is 4. The molecular weight excluding hydrogens is 407 g/mol. The van der Waals surface area contributed by atoms with E-state index >= 15 is 0 Å². The summed E-state index contributed by atoms with van der Waals surface area (Å²) < 4.78 is 21.3. The summed E-state index contributed by atoms with van der Waals surface area (Å²) in [4.78, 5) is 16.9. The summed E-state index contributed by atoms with van der Waals surface area (Å²) >= 11 is 0. The lowest BCUT2D eigenvalue weighted by Gasteiger charge is -2.16. The molecule has 0 bridgehead atoms. The summed E-state index contributed by atoms with van der Waals surface area (Å²) in [7, 11) is 0. The van der Waals surface area contributed by atoms with Crippen LogP contribution in [0.5, 0.6) is 5.88 Å². The summed E-state index contributed by atoms with van der Waals surface area (Å²) in [5, 5.41) is 7.68. The molecule has 0 fully saturated rings. The fourth-order valence-corrected chi connectivity index (χ4v) is 4.31. The number of hydrogen-bond donors (Lipinski definition) is 1. The fraction of sp³-hybridized carbons (Fsp3) is 0.320. The normalized spacial score (nSPS) is 15.5. The molecule has 0 unspecified atom stereocenters. The van der Waals surface area contributed by atoms with Crippen LogP contribution in [-0.2, 0) is 11.3 Å². The molecule has 0 saturated carbocycles. The molecule has 5 rings (SSSR count). The highest BCUT2D eigenvalue weighted by atomic mass is 19.1. The van der Waals surface area contributed by atoms with Crippen molar-refractivity contribution in [1.82, 2.24) is 14.8 Å². The molecule has 2 aromatic heterocycles. The third kappa shape index (κ3) is 4.28. The minimum Gasteiger partial charge on any atom is -0.477 e. The second kappa shape index (κ2) is 8.94. The SMILES string of the molecule is O=C(CC1=CCCCC1)Nc1cc(-c2c(-c3ccc(F)cc3)nn3c2OCCC3)ccn1. The first-order valence-corrected chi connectivity index (χ1v) is 11.1. The predicted molar refractivity (Wildman–Crippen MR) is 121 cm³/mol. The minimum atomic E-state index is -0.294. The highest BCUT2D eigenvalue weighted by Gasteiger charge is 2.25. The number of rotatable bonds is 5. The molecule has 0 radical (unpaired) electrons. The Labute approximate surface area is 186 Å². The van der Waals surface area contributed by atoms with Gasteiger partial charge in [-0.3, -0.25) is 4.79 Å². The molecular formula is C25H25FN4O2. The van der Waals surface area contributed by atoms with Crippen molar-refractivity contribution in [3.63, 3.8) is 0 Å². The van der Waals surface area contributed by atoms with Gasteiger partial charge < -0.3 is 10.1 Å². The molecule has 1 aromatic carbocycles. The van der Waals surface area contributed by atoms with Crippen LogP contribution in [0.3, 0.4) is 0 Å². The molecule has 32 heavy (non-hydrogen) atoms. The van der Waals surface area contributed by atoms with Crippen molar-refractivity contribution in [2.75, 3.05) is 11.9 Å². The first kappa shape index (κ1) is 20.4. The Balaban J connectivity index is 1.47. The molecule has 7 heteroatoms. The monoisotopic (exact) mass is 432 g/mol. The molecule has 6 nitrogen and oxygen atoms in total. The van der Waals surface area contributed by atoms with E-state index in [0.717, 1.165) is 54.6 Å². The van der Waals surface area contributed by atoms with E-state index in [-0.39, 0.29) is 11.7 Å². The minimum absolute atomic E-state index is 0.0603. The van der Waals surface area contributed by atoms with Crippen LogP contribution in [0.25, 0.3) is 22.4 Å². The van der Waals surface area contributed by atoms with Crippen LogP contribution in [0.4, 0.5) is 10.2 Å². The predicted octanol–water partition coefficient (Wildman–Crippen LogP) is 5.36. The number of fused-ring (bicyclic) bond motifs is 1. The number of carbonyl (C=O) groups excluding carboxylic acids is 1. The molecule has 0 spiro atoms. The molecule has 1 aliphatic carbocycles. The van der Waals surface area contributed by atoms with Crippen molar-refractivity contribution in [3.8, 4) is 28.3 Å². The van der Waals surface area contributed by atoms with Crippen LogP contribution in [0.15, 0.2) is 54.2 Å². The van der Waals surface area contributed by atoms with Crippen LogP contribution in [0.2, 0.25) is 0 Å². The van der Waals surface area contributed by atoms with E-state index in [1.54, 1.807) is 18.3 Å². The average molecular weight is 432 g/mol. The average Bonchev–Trinajstić information content (AvgIpc) is 3.20. The lowest BCUT2D eigenvalue weighted by atomic mass is 9.97. The maximum absolute atomic E-state index is 13.5. The second-order valence-corrected chi connectivity index (χ2v) is 8.22. The number of benzene rings is 1. The van der Waals surface area contributed by atoms with E-state index in [1.807, 2.05) is 16.8 Å². The second-order valence-electron chi connectivity index (χ2n) is 8.22. The Bertz CT molecular complexity index is 1170. The maximum atomic E-state index is 13.5. The van der Waals surface area contributed by atoms with Gasteiger partial charge in [0.1, 0.15) is 17.3 Å². The fourth-order valence-electron chi connectivity index (χ4n) is 4.31. The number of amides is 1. The Kier molecular flexibility index (Phi) is 5.71. The first-order chi connectivity index (χ1) is 15.7. The number of ether oxygens (including phenoxy) is 1. The quantitative estimate of drug-likeness (QED) is 0.551. The smallest absolute Gasteiger partial charge is 0.229 e. The number of aryl methyl sites for hydroxylation is 1. The maximum Gasteiger partial charge on any atom is 0.229 e. The molecule has 3 heterocycles. The van der Waals surface area contributed by atoms with Crippen molar-refractivity contribution in [2.24, 2.45) is 0 Å². The number of nitrogens with zero attached hydrogens (tertiary/aromatic N) is 3. The van der Waals surface area contributed by atoms with Gasteiger partial charge in [-0.25, -0.2) is 14.1 Å². The van der Waals surface area contributed by atoms with E-state index < -0.39 is 0 Å². The van der Waals surface area contributed by atoms with Crippen molar-refractivity contribution < 1.29 is 13.9 Å². The number of aromatic nitrogens is 3. The lowest BCUT2D eigenvalue weighted by Crippen LogP contribution is -2.15. The van der Waals surface area contributed by atoms with Crippen molar-refractivity contribution >= 4 is 11.7 Å². The van der Waals surface area contributed by atoms with E-state index in [1.165, 1.54) is 24.1 Å².